The maximum Gasteiger partial charge on any atom is 0.160 e. The van der Waals surface area contributed by atoms with Gasteiger partial charge < -0.3 is 14.6 Å². The Hall–Kier alpha value is -1.22. The van der Waals surface area contributed by atoms with Gasteiger partial charge in [0.15, 0.2) is 11.5 Å². The van der Waals surface area contributed by atoms with Crippen LogP contribution >= 0.6 is 0 Å². The number of hydrogen-bond donors (Lipinski definition) is 1. The van der Waals surface area contributed by atoms with Crippen molar-refractivity contribution in [1.82, 2.24) is 0 Å². The summed E-state index contributed by atoms with van der Waals surface area (Å²) < 4.78 is 10.8. The number of aromatic hydroxyl groups is 1. The lowest BCUT2D eigenvalue weighted by molar-refractivity contribution is -0.0402. The maximum atomic E-state index is 9.62. The van der Waals surface area contributed by atoms with E-state index in [9.17, 15) is 5.11 Å². The molecule has 0 aliphatic carbocycles. The average Bonchev–Trinajstić information content (AvgIpc) is 2.17. The van der Waals surface area contributed by atoms with Gasteiger partial charge in [-0.2, -0.15) is 0 Å². The molecule has 1 aliphatic heterocycles. The fourth-order valence-corrected chi connectivity index (χ4v) is 1.90. The van der Waals surface area contributed by atoms with E-state index >= 15 is 0 Å². The Kier molecular flexibility index (Phi) is 2.35. The lowest BCUT2D eigenvalue weighted by atomic mass is 9.91. The predicted octanol–water partition coefficient (Wildman–Crippen LogP) is 2.25. The quantitative estimate of drug-likeness (QED) is 0.769. The molecule has 2 rings (SSSR count). The summed E-state index contributed by atoms with van der Waals surface area (Å²) in [6.45, 7) is 4.68. The molecule has 0 atom stereocenters. The molecule has 15 heavy (non-hydrogen) atoms. The number of ether oxygens (including phenoxy) is 2. The number of hydrogen-bond acceptors (Lipinski definition) is 3. The zero-order chi connectivity index (χ0) is 11.1. The first kappa shape index (κ1) is 10.3. The van der Waals surface area contributed by atoms with Gasteiger partial charge in [0.2, 0.25) is 0 Å². The van der Waals surface area contributed by atoms with Crippen molar-refractivity contribution in [2.75, 3.05) is 7.11 Å². The first-order valence-electron chi connectivity index (χ1n) is 5.04. The molecule has 0 radical (unpaired) electrons. The Labute approximate surface area is 89.6 Å². The van der Waals surface area contributed by atoms with Crippen LogP contribution < -0.4 is 4.74 Å². The van der Waals surface area contributed by atoms with E-state index in [1.807, 2.05) is 6.07 Å². The van der Waals surface area contributed by atoms with Crippen LogP contribution in [0.5, 0.6) is 11.5 Å². The molecule has 1 aliphatic rings. The van der Waals surface area contributed by atoms with Gasteiger partial charge in [-0.15, -0.1) is 0 Å². The van der Waals surface area contributed by atoms with Crippen LogP contribution in [0.2, 0.25) is 0 Å². The third-order valence-corrected chi connectivity index (χ3v) is 2.74. The highest BCUT2D eigenvalue weighted by Crippen LogP contribution is 2.35. The van der Waals surface area contributed by atoms with Gasteiger partial charge in [0.05, 0.1) is 19.3 Å². The van der Waals surface area contributed by atoms with Crippen LogP contribution in [0.1, 0.15) is 25.0 Å². The number of rotatable bonds is 1. The van der Waals surface area contributed by atoms with Gasteiger partial charge in [-0.3, -0.25) is 0 Å². The Bertz CT molecular complexity index is 383. The molecule has 3 heteroatoms. The first-order chi connectivity index (χ1) is 7.02. The Morgan fingerprint density at radius 2 is 2.07 bits per heavy atom. The lowest BCUT2D eigenvalue weighted by Crippen LogP contribution is -2.31. The molecule has 82 valence electrons. The van der Waals surface area contributed by atoms with E-state index in [2.05, 4.69) is 13.8 Å². The van der Waals surface area contributed by atoms with Gasteiger partial charge in [0.25, 0.3) is 0 Å². The summed E-state index contributed by atoms with van der Waals surface area (Å²) in [5.41, 5.74) is 2.11. The molecule has 0 saturated carbocycles. The van der Waals surface area contributed by atoms with Crippen molar-refractivity contribution in [2.24, 2.45) is 0 Å². The molecule has 1 N–H and O–H groups in total. The highest BCUT2D eigenvalue weighted by molar-refractivity contribution is 5.47. The van der Waals surface area contributed by atoms with Crippen molar-refractivity contribution in [3.8, 4) is 11.5 Å². The van der Waals surface area contributed by atoms with Gasteiger partial charge in [-0.05, 0) is 37.1 Å². The minimum absolute atomic E-state index is 0.130. The van der Waals surface area contributed by atoms with E-state index in [4.69, 9.17) is 9.47 Å². The van der Waals surface area contributed by atoms with E-state index in [1.54, 1.807) is 13.2 Å². The van der Waals surface area contributed by atoms with Crippen LogP contribution in [0, 0.1) is 0 Å². The zero-order valence-electron chi connectivity index (χ0n) is 9.33. The van der Waals surface area contributed by atoms with Crippen LogP contribution in [0.4, 0.5) is 0 Å². The maximum absolute atomic E-state index is 9.62. The SMILES string of the molecule is COc1cc2c(cc1O)COC(C)(C)C2. The third-order valence-electron chi connectivity index (χ3n) is 2.74. The molecule has 0 unspecified atom stereocenters. The fraction of sp³-hybridized carbons (Fsp3) is 0.500. The molecule has 1 aromatic carbocycles. The monoisotopic (exact) mass is 208 g/mol. The smallest absolute Gasteiger partial charge is 0.160 e. The number of phenols is 1. The summed E-state index contributed by atoms with van der Waals surface area (Å²) in [6, 6.07) is 3.62. The number of benzene rings is 1. The molecular formula is C12H16O3. The zero-order valence-corrected chi connectivity index (χ0v) is 9.33. The Morgan fingerprint density at radius 1 is 1.33 bits per heavy atom. The summed E-state index contributed by atoms with van der Waals surface area (Å²) in [7, 11) is 1.56. The number of phenolic OH excluding ortho intramolecular Hbond substituents is 1. The van der Waals surface area contributed by atoms with Gasteiger partial charge in [-0.25, -0.2) is 0 Å². The molecule has 0 saturated heterocycles. The largest absolute Gasteiger partial charge is 0.504 e. The van der Waals surface area contributed by atoms with Crippen molar-refractivity contribution in [3.05, 3.63) is 23.3 Å². The Morgan fingerprint density at radius 3 is 2.73 bits per heavy atom. The molecule has 0 spiro atoms. The fourth-order valence-electron chi connectivity index (χ4n) is 1.90. The minimum Gasteiger partial charge on any atom is -0.504 e. The van der Waals surface area contributed by atoms with Gasteiger partial charge in [0, 0.05) is 6.42 Å². The highest BCUT2D eigenvalue weighted by atomic mass is 16.5. The van der Waals surface area contributed by atoms with Crippen molar-refractivity contribution >= 4 is 0 Å². The van der Waals surface area contributed by atoms with E-state index < -0.39 is 0 Å². The molecule has 0 fully saturated rings. The van der Waals surface area contributed by atoms with Gasteiger partial charge in [-0.1, -0.05) is 0 Å². The normalized spacial score (nSPS) is 18.3. The molecule has 1 heterocycles. The van der Waals surface area contributed by atoms with Crippen LogP contribution in [0.15, 0.2) is 12.1 Å². The third kappa shape index (κ3) is 1.92. The molecule has 0 aromatic heterocycles. The molecule has 3 nitrogen and oxygen atoms in total. The molecule has 0 amide bonds. The lowest BCUT2D eigenvalue weighted by Gasteiger charge is -2.32. The summed E-state index contributed by atoms with van der Waals surface area (Å²) >= 11 is 0. The summed E-state index contributed by atoms with van der Waals surface area (Å²) in [4.78, 5) is 0. The van der Waals surface area contributed by atoms with Gasteiger partial charge in [0.1, 0.15) is 0 Å². The minimum atomic E-state index is -0.130. The van der Waals surface area contributed by atoms with Crippen molar-refractivity contribution in [2.45, 2.75) is 32.5 Å². The van der Waals surface area contributed by atoms with E-state index in [1.165, 1.54) is 5.56 Å². The van der Waals surface area contributed by atoms with Gasteiger partial charge >= 0.3 is 0 Å². The van der Waals surface area contributed by atoms with Crippen molar-refractivity contribution < 1.29 is 14.6 Å². The van der Waals surface area contributed by atoms with E-state index in [-0.39, 0.29) is 11.4 Å². The van der Waals surface area contributed by atoms with Crippen LogP contribution in [-0.2, 0) is 17.8 Å². The number of fused-ring (bicyclic) bond motifs is 1. The topological polar surface area (TPSA) is 38.7 Å². The summed E-state index contributed by atoms with van der Waals surface area (Å²) in [6.07, 6.45) is 0.846. The average molecular weight is 208 g/mol. The number of methoxy groups -OCH3 is 1. The molecule has 0 bridgehead atoms. The first-order valence-corrected chi connectivity index (χ1v) is 5.04. The van der Waals surface area contributed by atoms with Crippen molar-refractivity contribution in [1.29, 1.82) is 0 Å². The molecular weight excluding hydrogens is 192 g/mol. The van der Waals surface area contributed by atoms with E-state index in [0.717, 1.165) is 12.0 Å². The summed E-state index contributed by atoms with van der Waals surface area (Å²) in [5.74, 6) is 0.714. The highest BCUT2D eigenvalue weighted by Gasteiger charge is 2.26. The predicted molar refractivity (Wildman–Crippen MR) is 57.2 cm³/mol. The summed E-state index contributed by atoms with van der Waals surface area (Å²) in [5, 5.41) is 9.62. The van der Waals surface area contributed by atoms with E-state index in [0.29, 0.717) is 12.4 Å². The second-order valence-corrected chi connectivity index (χ2v) is 4.52. The van der Waals surface area contributed by atoms with Crippen molar-refractivity contribution in [3.63, 3.8) is 0 Å². The Balaban J connectivity index is 2.42. The second-order valence-electron chi connectivity index (χ2n) is 4.52. The standard InChI is InChI=1S/C12H16O3/c1-12(2)6-8-5-11(14-3)10(13)4-9(8)7-15-12/h4-5,13H,6-7H2,1-3H3. The van der Waals surface area contributed by atoms with Crippen LogP contribution in [0.25, 0.3) is 0 Å². The molecule has 1 aromatic rings. The van der Waals surface area contributed by atoms with Crippen LogP contribution in [0.3, 0.4) is 0 Å². The second kappa shape index (κ2) is 3.42. The van der Waals surface area contributed by atoms with Crippen LogP contribution in [-0.4, -0.2) is 17.8 Å².